The predicted octanol–water partition coefficient (Wildman–Crippen LogP) is 0.401. The summed E-state index contributed by atoms with van der Waals surface area (Å²) in [5.41, 5.74) is -0.604. The highest BCUT2D eigenvalue weighted by Gasteiger charge is 2.51. The summed E-state index contributed by atoms with van der Waals surface area (Å²) in [6.45, 7) is 4.46. The molecule has 2 aliphatic rings. The largest absolute Gasteiger partial charge is 0.461 e. The number of rotatable bonds is 5. The van der Waals surface area contributed by atoms with Gasteiger partial charge in [-0.3, -0.25) is 4.79 Å². The van der Waals surface area contributed by atoms with E-state index in [1.54, 1.807) is 0 Å². The van der Waals surface area contributed by atoms with Crippen molar-refractivity contribution in [1.82, 2.24) is 5.32 Å². The molecule has 17 heavy (non-hydrogen) atoms. The molecule has 0 aromatic carbocycles. The van der Waals surface area contributed by atoms with Crippen LogP contribution in [0.15, 0.2) is 12.7 Å². The van der Waals surface area contributed by atoms with Crippen LogP contribution < -0.4 is 5.32 Å². The van der Waals surface area contributed by atoms with Crippen LogP contribution in [0.5, 0.6) is 0 Å². The van der Waals surface area contributed by atoms with Crippen LogP contribution in [0, 0.1) is 5.92 Å². The maximum Gasteiger partial charge on any atom is 0.330 e. The molecule has 5 heteroatoms. The maximum atomic E-state index is 11.9. The molecule has 1 heterocycles. The van der Waals surface area contributed by atoms with Gasteiger partial charge in [0.25, 0.3) is 5.91 Å². The van der Waals surface area contributed by atoms with Gasteiger partial charge in [0, 0.05) is 6.08 Å². The zero-order valence-corrected chi connectivity index (χ0v) is 9.74. The summed E-state index contributed by atoms with van der Waals surface area (Å²) in [4.78, 5) is 22.7. The van der Waals surface area contributed by atoms with Crippen LogP contribution in [0.2, 0.25) is 0 Å². The van der Waals surface area contributed by atoms with Crippen molar-refractivity contribution in [1.29, 1.82) is 0 Å². The molecule has 1 saturated carbocycles. The standard InChI is InChI=1S/C12H17NO4/c1-2-10(14)16-6-5-13-11(15)12-4-3-9(7-12)8-17-12/h2,9H,1,3-8H2,(H,13,15). The number of esters is 1. The molecule has 1 aliphatic heterocycles. The monoisotopic (exact) mass is 239 g/mol. The van der Waals surface area contributed by atoms with Crippen molar-refractivity contribution in [2.45, 2.75) is 24.9 Å². The minimum atomic E-state index is -0.604. The van der Waals surface area contributed by atoms with Gasteiger partial charge in [0.1, 0.15) is 12.2 Å². The van der Waals surface area contributed by atoms with Crippen molar-refractivity contribution in [3.63, 3.8) is 0 Å². The summed E-state index contributed by atoms with van der Waals surface area (Å²) in [6, 6.07) is 0. The quantitative estimate of drug-likeness (QED) is 0.428. The van der Waals surface area contributed by atoms with E-state index in [4.69, 9.17) is 9.47 Å². The highest BCUT2D eigenvalue weighted by Crippen LogP contribution is 2.44. The van der Waals surface area contributed by atoms with Gasteiger partial charge in [0.2, 0.25) is 0 Å². The highest BCUT2D eigenvalue weighted by atomic mass is 16.5. The Kier molecular flexibility index (Phi) is 3.47. The summed E-state index contributed by atoms with van der Waals surface area (Å²) in [5.74, 6) is -0.0121. The molecule has 2 atom stereocenters. The molecule has 0 spiro atoms. The molecule has 1 N–H and O–H groups in total. The first-order valence-electron chi connectivity index (χ1n) is 5.88. The molecule has 2 bridgehead atoms. The van der Waals surface area contributed by atoms with Crippen molar-refractivity contribution in [3.05, 3.63) is 12.7 Å². The molecular formula is C12H17NO4. The van der Waals surface area contributed by atoms with Crippen LogP contribution in [0.25, 0.3) is 0 Å². The Bertz CT molecular complexity index is 331. The van der Waals surface area contributed by atoms with Gasteiger partial charge in [-0.05, 0) is 25.2 Å². The van der Waals surface area contributed by atoms with Crippen molar-refractivity contribution < 1.29 is 19.1 Å². The molecule has 94 valence electrons. The van der Waals surface area contributed by atoms with E-state index >= 15 is 0 Å². The third-order valence-corrected chi connectivity index (χ3v) is 3.38. The Hall–Kier alpha value is -1.36. The number of nitrogens with one attached hydrogen (secondary N) is 1. The molecule has 0 radical (unpaired) electrons. The molecular weight excluding hydrogens is 222 g/mol. The number of hydrogen-bond acceptors (Lipinski definition) is 4. The smallest absolute Gasteiger partial charge is 0.330 e. The summed E-state index contributed by atoms with van der Waals surface area (Å²) in [7, 11) is 0. The minimum Gasteiger partial charge on any atom is -0.461 e. The molecule has 0 aromatic rings. The van der Waals surface area contributed by atoms with E-state index in [-0.39, 0.29) is 12.5 Å². The van der Waals surface area contributed by atoms with E-state index in [0.717, 1.165) is 25.3 Å². The number of fused-ring (bicyclic) bond motifs is 2. The number of hydrogen-bond donors (Lipinski definition) is 1. The number of carbonyl (C=O) groups excluding carboxylic acids is 2. The first kappa shape index (κ1) is 12.1. The van der Waals surface area contributed by atoms with Gasteiger partial charge in [0.05, 0.1) is 13.2 Å². The van der Waals surface area contributed by atoms with Gasteiger partial charge in [-0.15, -0.1) is 0 Å². The molecule has 5 nitrogen and oxygen atoms in total. The van der Waals surface area contributed by atoms with Gasteiger partial charge in [-0.25, -0.2) is 4.79 Å². The molecule has 1 amide bonds. The lowest BCUT2D eigenvalue weighted by Crippen LogP contribution is -2.46. The Morgan fingerprint density at radius 1 is 1.59 bits per heavy atom. The van der Waals surface area contributed by atoms with Gasteiger partial charge in [-0.1, -0.05) is 6.58 Å². The van der Waals surface area contributed by atoms with Gasteiger partial charge in [-0.2, -0.15) is 0 Å². The SMILES string of the molecule is C=CC(=O)OCCNC(=O)C12CCC(CO1)C2. The third-order valence-electron chi connectivity index (χ3n) is 3.38. The lowest BCUT2D eigenvalue weighted by Gasteiger charge is -2.25. The zero-order chi connectivity index (χ0) is 12.3. The van der Waals surface area contributed by atoms with E-state index in [1.807, 2.05) is 0 Å². The molecule has 0 aromatic heterocycles. The minimum absolute atomic E-state index is 0.0767. The van der Waals surface area contributed by atoms with Crippen LogP contribution in [0.3, 0.4) is 0 Å². The van der Waals surface area contributed by atoms with E-state index in [2.05, 4.69) is 11.9 Å². The highest BCUT2D eigenvalue weighted by molar-refractivity contribution is 5.86. The van der Waals surface area contributed by atoms with Crippen LogP contribution >= 0.6 is 0 Å². The zero-order valence-electron chi connectivity index (χ0n) is 9.74. The van der Waals surface area contributed by atoms with Crippen LogP contribution in [0.1, 0.15) is 19.3 Å². The summed E-state index contributed by atoms with van der Waals surface area (Å²) >= 11 is 0. The van der Waals surface area contributed by atoms with E-state index < -0.39 is 11.6 Å². The number of carbonyl (C=O) groups is 2. The molecule has 1 aliphatic carbocycles. The van der Waals surface area contributed by atoms with E-state index in [9.17, 15) is 9.59 Å². The van der Waals surface area contributed by atoms with Crippen LogP contribution in [-0.4, -0.2) is 37.2 Å². The van der Waals surface area contributed by atoms with Crippen molar-refractivity contribution in [3.8, 4) is 0 Å². The van der Waals surface area contributed by atoms with Crippen LogP contribution in [-0.2, 0) is 19.1 Å². The number of ether oxygens (including phenoxy) is 2. The molecule has 1 saturated heterocycles. The second-order valence-corrected chi connectivity index (χ2v) is 4.54. The van der Waals surface area contributed by atoms with Gasteiger partial charge < -0.3 is 14.8 Å². The summed E-state index contributed by atoms with van der Waals surface area (Å²) < 4.78 is 10.3. The predicted molar refractivity (Wildman–Crippen MR) is 60.2 cm³/mol. The molecule has 2 rings (SSSR count). The van der Waals surface area contributed by atoms with E-state index in [0.29, 0.717) is 19.1 Å². The first-order chi connectivity index (χ1) is 8.16. The summed E-state index contributed by atoms with van der Waals surface area (Å²) in [6.07, 6.45) is 3.79. The Balaban J connectivity index is 1.71. The third kappa shape index (κ3) is 2.49. The molecule has 2 unspecified atom stereocenters. The van der Waals surface area contributed by atoms with E-state index in [1.165, 1.54) is 0 Å². The normalized spacial score (nSPS) is 30.0. The van der Waals surface area contributed by atoms with Crippen molar-refractivity contribution in [2.24, 2.45) is 5.92 Å². The van der Waals surface area contributed by atoms with Crippen LogP contribution in [0.4, 0.5) is 0 Å². The Morgan fingerprint density at radius 2 is 2.41 bits per heavy atom. The second kappa shape index (κ2) is 4.87. The fraction of sp³-hybridized carbons (Fsp3) is 0.667. The Morgan fingerprint density at radius 3 is 2.94 bits per heavy atom. The van der Waals surface area contributed by atoms with Gasteiger partial charge >= 0.3 is 5.97 Å². The average Bonchev–Trinajstić information content (AvgIpc) is 2.95. The lowest BCUT2D eigenvalue weighted by molar-refractivity contribution is -0.144. The van der Waals surface area contributed by atoms with Crippen molar-refractivity contribution >= 4 is 11.9 Å². The van der Waals surface area contributed by atoms with Gasteiger partial charge in [0.15, 0.2) is 0 Å². The summed E-state index contributed by atoms with van der Waals surface area (Å²) in [5, 5.41) is 2.75. The number of amides is 1. The second-order valence-electron chi connectivity index (χ2n) is 4.54. The topological polar surface area (TPSA) is 64.6 Å². The fourth-order valence-corrected chi connectivity index (χ4v) is 2.47. The average molecular weight is 239 g/mol. The first-order valence-corrected chi connectivity index (χ1v) is 5.88. The van der Waals surface area contributed by atoms with Crippen molar-refractivity contribution in [2.75, 3.05) is 19.8 Å². The Labute approximate surface area is 100 Å². The fourth-order valence-electron chi connectivity index (χ4n) is 2.47. The lowest BCUT2D eigenvalue weighted by atomic mass is 10.0. The maximum absolute atomic E-state index is 11.9. The molecule has 2 fully saturated rings.